The number of nitrogens with zero attached hydrogens (tertiary/aromatic N) is 4. The van der Waals surface area contributed by atoms with E-state index in [1.54, 1.807) is 6.33 Å². The largest absolute Gasteiger partial charge is 0.395 e. The number of nitrogens with one attached hydrogen (secondary N) is 1. The molecule has 1 saturated heterocycles. The molecule has 0 saturated carbocycles. The molecule has 1 fully saturated rings. The van der Waals surface area contributed by atoms with Crippen LogP contribution in [0.25, 0.3) is 0 Å². The molecule has 2 rings (SSSR count). The van der Waals surface area contributed by atoms with Crippen molar-refractivity contribution in [3.63, 3.8) is 0 Å². The summed E-state index contributed by atoms with van der Waals surface area (Å²) in [5.41, 5.74) is 0. The number of aliphatic hydroxyl groups excluding tert-OH is 1. The van der Waals surface area contributed by atoms with Crippen LogP contribution in [0.2, 0.25) is 0 Å². The van der Waals surface area contributed by atoms with Crippen molar-refractivity contribution in [2.75, 3.05) is 26.2 Å². The number of aliphatic hydroxyl groups is 1. The fourth-order valence-electron chi connectivity index (χ4n) is 2.48. The van der Waals surface area contributed by atoms with E-state index in [1.807, 2.05) is 4.68 Å². The normalized spacial score (nSPS) is 19.8. The molecule has 1 unspecified atom stereocenters. The van der Waals surface area contributed by atoms with E-state index >= 15 is 0 Å². The molecule has 1 aromatic rings. The van der Waals surface area contributed by atoms with Crippen molar-refractivity contribution in [1.29, 1.82) is 0 Å². The van der Waals surface area contributed by atoms with Gasteiger partial charge in [-0.05, 0) is 26.3 Å². The van der Waals surface area contributed by atoms with Crippen LogP contribution in [0, 0.1) is 0 Å². The summed E-state index contributed by atoms with van der Waals surface area (Å²) in [4.78, 5) is 6.54. The highest BCUT2D eigenvalue weighted by molar-refractivity contribution is 4.86. The van der Waals surface area contributed by atoms with Gasteiger partial charge in [-0.3, -0.25) is 4.90 Å². The van der Waals surface area contributed by atoms with Gasteiger partial charge in [-0.1, -0.05) is 0 Å². The third kappa shape index (κ3) is 3.51. The van der Waals surface area contributed by atoms with Crippen LogP contribution in [-0.4, -0.2) is 57.1 Å². The first kappa shape index (κ1) is 13.5. The Kier molecular flexibility index (Phi) is 5.10. The lowest BCUT2D eigenvalue weighted by Crippen LogP contribution is -2.39. The second-order valence-electron chi connectivity index (χ2n) is 4.74. The summed E-state index contributed by atoms with van der Waals surface area (Å²) in [5.74, 6) is 0.976. The molecule has 0 spiro atoms. The lowest BCUT2D eigenvalue weighted by atomic mass is 10.2. The maximum atomic E-state index is 9.16. The van der Waals surface area contributed by atoms with Crippen molar-refractivity contribution >= 4 is 0 Å². The summed E-state index contributed by atoms with van der Waals surface area (Å²) in [6.07, 6.45) is 4.08. The van der Waals surface area contributed by atoms with Crippen molar-refractivity contribution in [2.45, 2.75) is 38.9 Å². The molecule has 0 aliphatic carbocycles. The Morgan fingerprint density at radius 2 is 2.50 bits per heavy atom. The quantitative estimate of drug-likeness (QED) is 0.707. The van der Waals surface area contributed by atoms with Crippen LogP contribution >= 0.6 is 0 Å². The highest BCUT2D eigenvalue weighted by Gasteiger charge is 2.19. The molecule has 2 N–H and O–H groups in total. The SMILES string of the molecule is CCn1ncnc1CN(CCO)CC1CCCN1. The van der Waals surface area contributed by atoms with E-state index in [-0.39, 0.29) is 6.61 Å². The van der Waals surface area contributed by atoms with Crippen LogP contribution in [0.3, 0.4) is 0 Å². The number of hydrogen-bond acceptors (Lipinski definition) is 5. The molecule has 0 bridgehead atoms. The average Bonchev–Trinajstić information content (AvgIpc) is 3.00. The Morgan fingerprint density at radius 3 is 3.17 bits per heavy atom. The zero-order chi connectivity index (χ0) is 12.8. The minimum atomic E-state index is 0.187. The Bertz CT molecular complexity index is 348. The van der Waals surface area contributed by atoms with Gasteiger partial charge in [0.1, 0.15) is 12.2 Å². The van der Waals surface area contributed by atoms with Gasteiger partial charge in [0.15, 0.2) is 0 Å². The molecule has 6 heteroatoms. The summed E-state index contributed by atoms with van der Waals surface area (Å²) in [6.45, 7) is 6.62. The summed E-state index contributed by atoms with van der Waals surface area (Å²) in [6, 6.07) is 0.551. The lowest BCUT2D eigenvalue weighted by molar-refractivity contribution is 0.174. The van der Waals surface area contributed by atoms with E-state index in [9.17, 15) is 0 Å². The van der Waals surface area contributed by atoms with Crippen molar-refractivity contribution in [3.05, 3.63) is 12.2 Å². The van der Waals surface area contributed by atoms with Crippen LogP contribution in [-0.2, 0) is 13.1 Å². The van der Waals surface area contributed by atoms with E-state index in [0.717, 1.165) is 32.0 Å². The minimum Gasteiger partial charge on any atom is -0.395 e. The van der Waals surface area contributed by atoms with Gasteiger partial charge in [0, 0.05) is 25.7 Å². The fourth-order valence-corrected chi connectivity index (χ4v) is 2.48. The van der Waals surface area contributed by atoms with Gasteiger partial charge in [-0.25, -0.2) is 9.67 Å². The predicted octanol–water partition coefficient (Wildman–Crippen LogP) is -0.156. The third-order valence-electron chi connectivity index (χ3n) is 3.42. The van der Waals surface area contributed by atoms with Gasteiger partial charge in [-0.2, -0.15) is 5.10 Å². The second-order valence-corrected chi connectivity index (χ2v) is 4.74. The van der Waals surface area contributed by atoms with Gasteiger partial charge in [0.05, 0.1) is 13.2 Å². The molecule has 102 valence electrons. The first-order valence-electron chi connectivity index (χ1n) is 6.76. The van der Waals surface area contributed by atoms with Crippen LogP contribution in [0.1, 0.15) is 25.6 Å². The Balaban J connectivity index is 1.92. The monoisotopic (exact) mass is 253 g/mol. The summed E-state index contributed by atoms with van der Waals surface area (Å²) in [7, 11) is 0. The fraction of sp³-hybridized carbons (Fsp3) is 0.833. The summed E-state index contributed by atoms with van der Waals surface area (Å²) < 4.78 is 1.91. The van der Waals surface area contributed by atoms with Crippen LogP contribution in [0.4, 0.5) is 0 Å². The highest BCUT2D eigenvalue weighted by Crippen LogP contribution is 2.09. The maximum Gasteiger partial charge on any atom is 0.140 e. The number of aryl methyl sites for hydroxylation is 1. The first-order valence-corrected chi connectivity index (χ1v) is 6.76. The van der Waals surface area contributed by atoms with Crippen molar-refractivity contribution in [2.24, 2.45) is 0 Å². The molecule has 2 heterocycles. The molecular weight excluding hydrogens is 230 g/mol. The van der Waals surface area contributed by atoms with E-state index in [1.165, 1.54) is 12.8 Å². The molecule has 0 radical (unpaired) electrons. The summed E-state index contributed by atoms with van der Waals surface area (Å²) in [5, 5.41) is 16.8. The Hall–Kier alpha value is -0.980. The number of aromatic nitrogens is 3. The molecule has 18 heavy (non-hydrogen) atoms. The maximum absolute atomic E-state index is 9.16. The molecule has 6 nitrogen and oxygen atoms in total. The van der Waals surface area contributed by atoms with Gasteiger partial charge < -0.3 is 10.4 Å². The molecule has 0 amide bonds. The topological polar surface area (TPSA) is 66.2 Å². The summed E-state index contributed by atoms with van der Waals surface area (Å²) >= 11 is 0. The van der Waals surface area contributed by atoms with Gasteiger partial charge in [0.2, 0.25) is 0 Å². The number of hydrogen-bond donors (Lipinski definition) is 2. The highest BCUT2D eigenvalue weighted by atomic mass is 16.3. The Labute approximate surface area is 108 Å². The van der Waals surface area contributed by atoms with Crippen molar-refractivity contribution in [3.8, 4) is 0 Å². The van der Waals surface area contributed by atoms with Crippen molar-refractivity contribution < 1.29 is 5.11 Å². The van der Waals surface area contributed by atoms with Crippen molar-refractivity contribution in [1.82, 2.24) is 25.0 Å². The van der Waals surface area contributed by atoms with Gasteiger partial charge in [0.25, 0.3) is 0 Å². The molecular formula is C12H23N5O. The predicted molar refractivity (Wildman–Crippen MR) is 69.1 cm³/mol. The minimum absolute atomic E-state index is 0.187. The van der Waals surface area contributed by atoms with Gasteiger partial charge >= 0.3 is 0 Å². The molecule has 1 aromatic heterocycles. The number of rotatable bonds is 7. The van der Waals surface area contributed by atoms with E-state index in [2.05, 4.69) is 27.2 Å². The molecule has 1 aliphatic rings. The zero-order valence-corrected chi connectivity index (χ0v) is 11.0. The molecule has 0 aromatic carbocycles. The van der Waals surface area contributed by atoms with Crippen LogP contribution in [0.15, 0.2) is 6.33 Å². The first-order chi connectivity index (χ1) is 8.83. The van der Waals surface area contributed by atoms with Crippen LogP contribution in [0.5, 0.6) is 0 Å². The van der Waals surface area contributed by atoms with E-state index in [0.29, 0.717) is 12.6 Å². The van der Waals surface area contributed by atoms with E-state index in [4.69, 9.17) is 5.11 Å². The zero-order valence-electron chi connectivity index (χ0n) is 11.0. The average molecular weight is 253 g/mol. The molecule has 1 atom stereocenters. The standard InChI is InChI=1S/C12H23N5O/c1-2-17-12(14-10-15-17)9-16(6-7-18)8-11-4-3-5-13-11/h10-11,13,18H,2-9H2,1H3. The Morgan fingerprint density at radius 1 is 1.61 bits per heavy atom. The second kappa shape index (κ2) is 6.82. The third-order valence-corrected chi connectivity index (χ3v) is 3.42. The van der Waals surface area contributed by atoms with Crippen LogP contribution < -0.4 is 5.32 Å². The smallest absolute Gasteiger partial charge is 0.140 e. The van der Waals surface area contributed by atoms with E-state index < -0.39 is 0 Å². The lowest BCUT2D eigenvalue weighted by Gasteiger charge is -2.24. The van der Waals surface area contributed by atoms with Gasteiger partial charge in [-0.15, -0.1) is 0 Å². The molecule has 1 aliphatic heterocycles.